The van der Waals surface area contributed by atoms with Crippen molar-refractivity contribution >= 4 is 42.6 Å². The van der Waals surface area contributed by atoms with Crippen molar-refractivity contribution in [2.24, 2.45) is 0 Å². The highest BCUT2D eigenvalue weighted by Crippen LogP contribution is 2.41. The standard InChI is InChI=1S/C15H16Br2O/c1-15(2,3)12-8-13(17)10-6-5-9(16)7-11(10)14(12)18-4/h5-8H,1-4H3. The van der Waals surface area contributed by atoms with Gasteiger partial charge >= 0.3 is 0 Å². The van der Waals surface area contributed by atoms with Gasteiger partial charge in [0, 0.05) is 19.9 Å². The van der Waals surface area contributed by atoms with E-state index in [0.29, 0.717) is 0 Å². The van der Waals surface area contributed by atoms with Crippen LogP contribution in [0, 0.1) is 0 Å². The molecule has 2 aromatic rings. The Labute approximate surface area is 125 Å². The van der Waals surface area contributed by atoms with Crippen molar-refractivity contribution in [2.75, 3.05) is 7.11 Å². The molecule has 0 N–H and O–H groups in total. The lowest BCUT2D eigenvalue weighted by Gasteiger charge is -2.24. The minimum atomic E-state index is 0.0460. The molecule has 3 heteroatoms. The average molecular weight is 372 g/mol. The molecule has 0 fully saturated rings. The molecule has 0 atom stereocenters. The number of ether oxygens (including phenoxy) is 1. The minimum Gasteiger partial charge on any atom is -0.496 e. The van der Waals surface area contributed by atoms with E-state index in [1.807, 2.05) is 6.07 Å². The van der Waals surface area contributed by atoms with Crippen LogP contribution < -0.4 is 4.74 Å². The summed E-state index contributed by atoms with van der Waals surface area (Å²) < 4.78 is 7.82. The Morgan fingerprint density at radius 1 is 1.00 bits per heavy atom. The fourth-order valence-corrected chi connectivity index (χ4v) is 3.04. The van der Waals surface area contributed by atoms with Crippen LogP contribution in [0.15, 0.2) is 33.2 Å². The molecule has 0 aliphatic heterocycles. The van der Waals surface area contributed by atoms with Crippen molar-refractivity contribution in [3.63, 3.8) is 0 Å². The molecule has 0 saturated heterocycles. The van der Waals surface area contributed by atoms with Crippen LogP contribution >= 0.6 is 31.9 Å². The molecule has 0 spiro atoms. The lowest BCUT2D eigenvalue weighted by molar-refractivity contribution is 0.402. The van der Waals surface area contributed by atoms with Crippen molar-refractivity contribution in [3.05, 3.63) is 38.8 Å². The molecule has 18 heavy (non-hydrogen) atoms. The largest absolute Gasteiger partial charge is 0.496 e. The second kappa shape index (κ2) is 4.86. The first-order chi connectivity index (χ1) is 8.34. The summed E-state index contributed by atoms with van der Waals surface area (Å²) in [5, 5.41) is 2.30. The maximum Gasteiger partial charge on any atom is 0.130 e. The summed E-state index contributed by atoms with van der Waals surface area (Å²) in [6.45, 7) is 6.59. The van der Waals surface area contributed by atoms with Gasteiger partial charge in [-0.2, -0.15) is 0 Å². The Balaban J connectivity index is 2.90. The molecule has 0 aromatic heterocycles. The van der Waals surface area contributed by atoms with Gasteiger partial charge < -0.3 is 4.74 Å². The van der Waals surface area contributed by atoms with Gasteiger partial charge in [-0.25, -0.2) is 0 Å². The van der Waals surface area contributed by atoms with E-state index in [0.717, 1.165) is 20.1 Å². The fourth-order valence-electron chi connectivity index (χ4n) is 2.10. The van der Waals surface area contributed by atoms with Gasteiger partial charge in [0.2, 0.25) is 0 Å². The SMILES string of the molecule is COc1c(C(C)(C)C)cc(Br)c2ccc(Br)cc12. The number of fused-ring (bicyclic) bond motifs is 1. The normalized spacial score (nSPS) is 11.9. The van der Waals surface area contributed by atoms with Crippen LogP contribution in [-0.2, 0) is 5.41 Å². The molecule has 0 heterocycles. The predicted molar refractivity (Wildman–Crippen MR) is 84.6 cm³/mol. The summed E-state index contributed by atoms with van der Waals surface area (Å²) >= 11 is 7.18. The van der Waals surface area contributed by atoms with Crippen molar-refractivity contribution in [3.8, 4) is 5.75 Å². The minimum absolute atomic E-state index is 0.0460. The van der Waals surface area contributed by atoms with Crippen molar-refractivity contribution in [2.45, 2.75) is 26.2 Å². The Hall–Kier alpha value is -0.540. The van der Waals surface area contributed by atoms with Gasteiger partial charge in [-0.15, -0.1) is 0 Å². The van der Waals surface area contributed by atoms with Gasteiger partial charge in [0.25, 0.3) is 0 Å². The molecular formula is C15H16Br2O. The van der Waals surface area contributed by atoms with E-state index in [9.17, 15) is 0 Å². The molecule has 2 rings (SSSR count). The Morgan fingerprint density at radius 3 is 2.22 bits per heavy atom. The van der Waals surface area contributed by atoms with Crippen LogP contribution in [0.5, 0.6) is 5.75 Å². The highest BCUT2D eigenvalue weighted by molar-refractivity contribution is 9.11. The summed E-state index contributed by atoms with van der Waals surface area (Å²) in [4.78, 5) is 0. The van der Waals surface area contributed by atoms with Crippen LogP contribution in [0.3, 0.4) is 0 Å². The highest BCUT2D eigenvalue weighted by atomic mass is 79.9. The number of methoxy groups -OCH3 is 1. The smallest absolute Gasteiger partial charge is 0.130 e. The van der Waals surface area contributed by atoms with E-state index in [1.54, 1.807) is 7.11 Å². The molecule has 0 amide bonds. The monoisotopic (exact) mass is 370 g/mol. The van der Waals surface area contributed by atoms with Gasteiger partial charge in [0.1, 0.15) is 5.75 Å². The number of hydrogen-bond acceptors (Lipinski definition) is 1. The zero-order valence-corrected chi connectivity index (χ0v) is 14.1. The van der Waals surface area contributed by atoms with Gasteiger partial charge in [0.15, 0.2) is 0 Å². The third-order valence-corrected chi connectivity index (χ3v) is 4.16. The third-order valence-electron chi connectivity index (χ3n) is 3.01. The Kier molecular flexibility index (Phi) is 3.75. The molecule has 0 aliphatic rings. The van der Waals surface area contributed by atoms with E-state index in [-0.39, 0.29) is 5.41 Å². The van der Waals surface area contributed by atoms with E-state index >= 15 is 0 Å². The summed E-state index contributed by atoms with van der Waals surface area (Å²) in [6, 6.07) is 8.41. The van der Waals surface area contributed by atoms with E-state index in [4.69, 9.17) is 4.74 Å². The van der Waals surface area contributed by atoms with E-state index in [1.165, 1.54) is 10.9 Å². The molecular weight excluding hydrogens is 356 g/mol. The summed E-state index contributed by atoms with van der Waals surface area (Å²) in [7, 11) is 1.73. The first-order valence-corrected chi connectivity index (χ1v) is 7.39. The maximum atomic E-state index is 5.65. The number of halogens is 2. The van der Waals surface area contributed by atoms with Crippen LogP contribution in [0.25, 0.3) is 10.8 Å². The van der Waals surface area contributed by atoms with Gasteiger partial charge in [-0.3, -0.25) is 0 Å². The second-order valence-corrected chi connectivity index (χ2v) is 7.15. The fraction of sp³-hybridized carbons (Fsp3) is 0.333. The molecule has 96 valence electrons. The van der Waals surface area contributed by atoms with Gasteiger partial charge in [-0.1, -0.05) is 58.7 Å². The lowest BCUT2D eigenvalue weighted by atomic mass is 9.85. The summed E-state index contributed by atoms with van der Waals surface area (Å²) in [5.41, 5.74) is 1.26. The molecule has 0 bridgehead atoms. The summed E-state index contributed by atoms with van der Waals surface area (Å²) in [5.74, 6) is 0.960. The molecule has 0 saturated carbocycles. The zero-order chi connectivity index (χ0) is 13.5. The Morgan fingerprint density at radius 2 is 1.67 bits per heavy atom. The quantitative estimate of drug-likeness (QED) is 0.627. The first kappa shape index (κ1) is 13.9. The van der Waals surface area contributed by atoms with Crippen LogP contribution in [0.2, 0.25) is 0 Å². The number of benzene rings is 2. The maximum absolute atomic E-state index is 5.65. The van der Waals surface area contributed by atoms with Crippen molar-refractivity contribution < 1.29 is 4.74 Å². The summed E-state index contributed by atoms with van der Waals surface area (Å²) in [6.07, 6.45) is 0. The zero-order valence-electron chi connectivity index (χ0n) is 11.0. The molecule has 0 aliphatic carbocycles. The highest BCUT2D eigenvalue weighted by Gasteiger charge is 2.22. The van der Waals surface area contributed by atoms with Crippen LogP contribution in [0.4, 0.5) is 0 Å². The van der Waals surface area contributed by atoms with Gasteiger partial charge in [-0.05, 0) is 29.0 Å². The van der Waals surface area contributed by atoms with Crippen LogP contribution in [0.1, 0.15) is 26.3 Å². The molecule has 2 aromatic carbocycles. The second-order valence-electron chi connectivity index (χ2n) is 5.38. The van der Waals surface area contributed by atoms with E-state index < -0.39 is 0 Å². The van der Waals surface area contributed by atoms with Crippen molar-refractivity contribution in [1.29, 1.82) is 0 Å². The topological polar surface area (TPSA) is 9.23 Å². The number of hydrogen-bond donors (Lipinski definition) is 0. The lowest BCUT2D eigenvalue weighted by Crippen LogP contribution is -2.13. The predicted octanol–water partition coefficient (Wildman–Crippen LogP) is 5.67. The Bertz CT molecular complexity index is 597. The molecule has 0 radical (unpaired) electrons. The average Bonchev–Trinajstić information content (AvgIpc) is 2.27. The third kappa shape index (κ3) is 2.43. The van der Waals surface area contributed by atoms with Crippen LogP contribution in [-0.4, -0.2) is 7.11 Å². The molecule has 1 nitrogen and oxygen atoms in total. The molecule has 0 unspecified atom stereocenters. The van der Waals surface area contributed by atoms with Gasteiger partial charge in [0.05, 0.1) is 7.11 Å². The first-order valence-electron chi connectivity index (χ1n) is 5.81. The van der Waals surface area contributed by atoms with E-state index in [2.05, 4.69) is 70.8 Å². The number of rotatable bonds is 1. The van der Waals surface area contributed by atoms with Crippen molar-refractivity contribution in [1.82, 2.24) is 0 Å².